The predicted octanol–water partition coefficient (Wildman–Crippen LogP) is 1.65. The Bertz CT molecular complexity index is 362. The normalized spacial score (nSPS) is 12.6. The van der Waals surface area contributed by atoms with Crippen LogP contribution >= 0.6 is 0 Å². The summed E-state index contributed by atoms with van der Waals surface area (Å²) in [6.45, 7) is 5.10. The third kappa shape index (κ3) is 3.75. The van der Waals surface area contributed by atoms with Crippen molar-refractivity contribution in [2.75, 3.05) is 13.1 Å². The van der Waals surface area contributed by atoms with Crippen LogP contribution in [0.2, 0.25) is 0 Å². The molecule has 1 atom stereocenters. The number of aromatic hydroxyl groups is 1. The largest absolute Gasteiger partial charge is 0.508 e. The van der Waals surface area contributed by atoms with Gasteiger partial charge in [0, 0.05) is 6.04 Å². The molecule has 0 fully saturated rings. The molecule has 1 aromatic carbocycles. The van der Waals surface area contributed by atoms with Crippen molar-refractivity contribution in [3.05, 3.63) is 29.8 Å². The van der Waals surface area contributed by atoms with E-state index >= 15 is 0 Å². The first-order valence-corrected chi connectivity index (χ1v) is 5.89. The molecule has 17 heavy (non-hydrogen) atoms. The van der Waals surface area contributed by atoms with E-state index in [0.29, 0.717) is 0 Å². The molecule has 4 heteroatoms. The van der Waals surface area contributed by atoms with Crippen molar-refractivity contribution in [2.45, 2.75) is 26.3 Å². The zero-order valence-electron chi connectivity index (χ0n) is 10.4. The fourth-order valence-electron chi connectivity index (χ4n) is 2.04. The number of benzene rings is 1. The number of hydrogen-bond acceptors (Lipinski definition) is 3. The van der Waals surface area contributed by atoms with Gasteiger partial charge in [0.25, 0.3) is 0 Å². The van der Waals surface area contributed by atoms with Crippen LogP contribution in [-0.2, 0) is 4.79 Å². The van der Waals surface area contributed by atoms with Gasteiger partial charge >= 0.3 is 0 Å². The number of amides is 1. The van der Waals surface area contributed by atoms with E-state index in [2.05, 4.69) is 6.92 Å². The summed E-state index contributed by atoms with van der Waals surface area (Å²) in [6, 6.07) is 7.25. The second kappa shape index (κ2) is 6.25. The van der Waals surface area contributed by atoms with E-state index in [4.69, 9.17) is 5.73 Å². The van der Waals surface area contributed by atoms with Crippen LogP contribution < -0.4 is 5.73 Å². The van der Waals surface area contributed by atoms with Gasteiger partial charge in [-0.25, -0.2) is 0 Å². The molecule has 0 radical (unpaired) electrons. The Morgan fingerprint density at radius 3 is 2.35 bits per heavy atom. The maximum absolute atomic E-state index is 11.0. The summed E-state index contributed by atoms with van der Waals surface area (Å²) in [5.74, 6) is -0.0642. The lowest BCUT2D eigenvalue weighted by molar-refractivity contribution is -0.119. The summed E-state index contributed by atoms with van der Waals surface area (Å²) in [5.41, 5.74) is 6.33. The third-order valence-electron chi connectivity index (χ3n) is 2.87. The van der Waals surface area contributed by atoms with Crippen LogP contribution in [0.15, 0.2) is 24.3 Å². The number of rotatable bonds is 6. The summed E-state index contributed by atoms with van der Waals surface area (Å²) < 4.78 is 0. The average Bonchev–Trinajstić information content (AvgIpc) is 2.30. The highest BCUT2D eigenvalue weighted by Gasteiger charge is 2.18. The summed E-state index contributed by atoms with van der Waals surface area (Å²) in [6.07, 6.45) is 0.895. The smallest absolute Gasteiger partial charge is 0.231 e. The van der Waals surface area contributed by atoms with Crippen molar-refractivity contribution in [1.82, 2.24) is 4.90 Å². The lowest BCUT2D eigenvalue weighted by atomic mass is 10.0. The maximum Gasteiger partial charge on any atom is 0.231 e. The van der Waals surface area contributed by atoms with Crippen molar-refractivity contribution in [3.8, 4) is 5.75 Å². The molecular weight excluding hydrogens is 216 g/mol. The Labute approximate surface area is 102 Å². The van der Waals surface area contributed by atoms with E-state index < -0.39 is 0 Å². The van der Waals surface area contributed by atoms with Crippen molar-refractivity contribution in [3.63, 3.8) is 0 Å². The van der Waals surface area contributed by atoms with Crippen molar-refractivity contribution in [1.29, 1.82) is 0 Å². The van der Waals surface area contributed by atoms with Gasteiger partial charge in [0.1, 0.15) is 5.75 Å². The zero-order valence-corrected chi connectivity index (χ0v) is 10.4. The summed E-state index contributed by atoms with van der Waals surface area (Å²) >= 11 is 0. The van der Waals surface area contributed by atoms with Gasteiger partial charge < -0.3 is 10.8 Å². The van der Waals surface area contributed by atoms with Gasteiger partial charge in [0.15, 0.2) is 0 Å². The van der Waals surface area contributed by atoms with E-state index in [1.807, 2.05) is 24.0 Å². The first kappa shape index (κ1) is 13.5. The van der Waals surface area contributed by atoms with Gasteiger partial charge in [-0.1, -0.05) is 26.0 Å². The lowest BCUT2D eigenvalue weighted by Gasteiger charge is -2.29. The monoisotopic (exact) mass is 236 g/mol. The number of nitrogens with two attached hydrogens (primary N) is 1. The van der Waals surface area contributed by atoms with Crippen LogP contribution in [0, 0.1) is 0 Å². The molecule has 0 aliphatic rings. The first-order valence-electron chi connectivity index (χ1n) is 5.89. The van der Waals surface area contributed by atoms with Crippen LogP contribution in [0.5, 0.6) is 5.75 Å². The third-order valence-corrected chi connectivity index (χ3v) is 2.87. The van der Waals surface area contributed by atoms with Gasteiger partial charge in [-0.3, -0.25) is 9.69 Å². The lowest BCUT2D eigenvalue weighted by Crippen LogP contribution is -2.36. The molecule has 0 aliphatic heterocycles. The Kier molecular flexibility index (Phi) is 4.97. The molecule has 0 heterocycles. The van der Waals surface area contributed by atoms with E-state index in [9.17, 15) is 9.90 Å². The van der Waals surface area contributed by atoms with E-state index in [1.54, 1.807) is 12.1 Å². The van der Waals surface area contributed by atoms with Crippen LogP contribution in [0.1, 0.15) is 31.9 Å². The molecule has 0 spiro atoms. The fraction of sp³-hybridized carbons (Fsp3) is 0.462. The van der Waals surface area contributed by atoms with Crippen molar-refractivity contribution >= 4 is 5.91 Å². The fourth-order valence-corrected chi connectivity index (χ4v) is 2.04. The number of carbonyl (C=O) groups is 1. The average molecular weight is 236 g/mol. The van der Waals surface area contributed by atoms with E-state index in [-0.39, 0.29) is 24.2 Å². The number of nitrogens with zero attached hydrogens (tertiary/aromatic N) is 1. The summed E-state index contributed by atoms with van der Waals surface area (Å²) in [7, 11) is 0. The van der Waals surface area contributed by atoms with Crippen LogP contribution in [0.25, 0.3) is 0 Å². The van der Waals surface area contributed by atoms with Gasteiger partial charge in [-0.15, -0.1) is 0 Å². The molecule has 94 valence electrons. The van der Waals surface area contributed by atoms with Gasteiger partial charge in [-0.2, -0.15) is 0 Å². The van der Waals surface area contributed by atoms with Gasteiger partial charge in [0.05, 0.1) is 6.54 Å². The zero-order chi connectivity index (χ0) is 12.8. The van der Waals surface area contributed by atoms with Crippen LogP contribution in [-0.4, -0.2) is 29.0 Å². The molecule has 4 nitrogen and oxygen atoms in total. The molecule has 1 unspecified atom stereocenters. The van der Waals surface area contributed by atoms with Gasteiger partial charge in [-0.05, 0) is 30.7 Å². The molecule has 3 N–H and O–H groups in total. The Morgan fingerprint density at radius 2 is 1.94 bits per heavy atom. The minimum atomic E-state index is -0.316. The van der Waals surface area contributed by atoms with Crippen molar-refractivity contribution in [2.24, 2.45) is 5.73 Å². The topological polar surface area (TPSA) is 66.6 Å². The van der Waals surface area contributed by atoms with Crippen LogP contribution in [0.3, 0.4) is 0 Å². The number of phenolic OH excluding ortho intramolecular Hbond substituents is 1. The Hall–Kier alpha value is -1.55. The highest BCUT2D eigenvalue weighted by molar-refractivity contribution is 5.76. The predicted molar refractivity (Wildman–Crippen MR) is 67.6 cm³/mol. The highest BCUT2D eigenvalue weighted by atomic mass is 16.3. The molecule has 0 saturated carbocycles. The number of likely N-dealkylation sites (N-methyl/N-ethyl adjacent to an activating group) is 1. The summed E-state index contributed by atoms with van der Waals surface area (Å²) in [5, 5.41) is 9.26. The molecule has 1 aromatic rings. The maximum atomic E-state index is 11.0. The number of primary amides is 1. The van der Waals surface area contributed by atoms with Crippen LogP contribution in [0.4, 0.5) is 0 Å². The molecule has 0 aliphatic carbocycles. The second-order valence-electron chi connectivity index (χ2n) is 4.04. The Morgan fingerprint density at radius 1 is 1.35 bits per heavy atom. The molecule has 0 bridgehead atoms. The van der Waals surface area contributed by atoms with E-state index in [1.165, 1.54) is 0 Å². The highest BCUT2D eigenvalue weighted by Crippen LogP contribution is 2.25. The minimum Gasteiger partial charge on any atom is -0.508 e. The first-order chi connectivity index (χ1) is 8.08. The number of phenols is 1. The quantitative estimate of drug-likeness (QED) is 0.789. The standard InChI is InChI=1S/C13H20N2O2/c1-3-12(15(4-2)9-13(14)17)10-5-7-11(16)8-6-10/h5-8,12,16H,3-4,9H2,1-2H3,(H2,14,17). The number of carbonyl (C=O) groups excluding carboxylic acids is 1. The molecular formula is C13H20N2O2. The van der Waals surface area contributed by atoms with Gasteiger partial charge in [0.2, 0.25) is 5.91 Å². The van der Waals surface area contributed by atoms with Crippen molar-refractivity contribution < 1.29 is 9.90 Å². The Balaban J connectivity index is 2.88. The molecule has 0 saturated heterocycles. The second-order valence-corrected chi connectivity index (χ2v) is 4.04. The summed E-state index contributed by atoms with van der Waals surface area (Å²) in [4.78, 5) is 13.1. The molecule has 0 aromatic heterocycles. The minimum absolute atomic E-state index is 0.160. The molecule has 1 amide bonds. The van der Waals surface area contributed by atoms with E-state index in [0.717, 1.165) is 18.5 Å². The molecule has 1 rings (SSSR count). The SMILES string of the molecule is CCC(c1ccc(O)cc1)N(CC)CC(N)=O. The number of hydrogen-bond donors (Lipinski definition) is 2.